The highest BCUT2D eigenvalue weighted by Crippen LogP contribution is 2.56. The summed E-state index contributed by atoms with van der Waals surface area (Å²) in [5.74, 6) is -0.257. The van der Waals surface area contributed by atoms with E-state index < -0.39 is 5.54 Å². The van der Waals surface area contributed by atoms with E-state index in [2.05, 4.69) is 118 Å². The van der Waals surface area contributed by atoms with Crippen molar-refractivity contribution in [3.05, 3.63) is 131 Å². The Balaban J connectivity index is 1.50. The smallest absolute Gasteiger partial charge is 0.302 e. The van der Waals surface area contributed by atoms with Crippen LogP contribution in [0.15, 0.2) is 109 Å². The highest BCUT2D eigenvalue weighted by atomic mass is 127. The molecule has 2 aliphatic rings. The van der Waals surface area contributed by atoms with E-state index in [9.17, 15) is 4.79 Å². The van der Waals surface area contributed by atoms with Crippen LogP contribution in [0.3, 0.4) is 0 Å². The molecular formula is C33H30INO3. The minimum absolute atomic E-state index is 0.113. The molecule has 3 atom stereocenters. The largest absolute Gasteiger partial charge is 0.460 e. The molecular weight excluding hydrogens is 585 g/mol. The first-order valence-corrected chi connectivity index (χ1v) is 14.3. The molecule has 0 N–H and O–H groups in total. The molecule has 4 nitrogen and oxygen atoms in total. The summed E-state index contributed by atoms with van der Waals surface area (Å²) in [7, 11) is 0. The van der Waals surface area contributed by atoms with Gasteiger partial charge in [-0.3, -0.25) is 9.69 Å². The maximum absolute atomic E-state index is 12.3. The van der Waals surface area contributed by atoms with Gasteiger partial charge in [-0.05, 0) is 33.4 Å². The van der Waals surface area contributed by atoms with E-state index in [0.29, 0.717) is 13.2 Å². The molecule has 0 bridgehead atoms. The fraction of sp³-hybridized carbons (Fsp3) is 0.242. The van der Waals surface area contributed by atoms with Crippen LogP contribution in [0.4, 0.5) is 0 Å². The molecule has 1 fully saturated rings. The molecule has 1 aliphatic carbocycles. The number of fused-ring (bicyclic) bond motifs is 3. The van der Waals surface area contributed by atoms with Crippen LogP contribution in [0.5, 0.6) is 0 Å². The van der Waals surface area contributed by atoms with Crippen LogP contribution in [-0.4, -0.2) is 40.1 Å². The third-order valence-corrected chi connectivity index (χ3v) is 8.86. The molecule has 1 heterocycles. The number of likely N-dealkylation sites (tertiary alicyclic amines) is 1. The zero-order valence-electron chi connectivity index (χ0n) is 21.3. The number of hydrogen-bond acceptors (Lipinski definition) is 4. The molecule has 1 aliphatic heterocycles. The number of ether oxygens (including phenoxy) is 2. The number of carbonyl (C=O) groups is 1. The summed E-state index contributed by atoms with van der Waals surface area (Å²) >= 11 is 2.46. The highest BCUT2D eigenvalue weighted by Gasteiger charge is 2.57. The van der Waals surface area contributed by atoms with Gasteiger partial charge in [0.05, 0.1) is 28.7 Å². The Morgan fingerprint density at radius 1 is 0.842 bits per heavy atom. The van der Waals surface area contributed by atoms with Crippen molar-refractivity contribution in [2.24, 2.45) is 0 Å². The Hall–Kier alpha value is -3.00. The lowest BCUT2D eigenvalue weighted by Gasteiger charge is -2.45. The predicted octanol–water partition coefficient (Wildman–Crippen LogP) is 6.60. The molecule has 4 aromatic rings. The van der Waals surface area contributed by atoms with Crippen LogP contribution in [-0.2, 0) is 26.4 Å². The van der Waals surface area contributed by atoms with Crippen molar-refractivity contribution in [3.63, 3.8) is 0 Å². The van der Waals surface area contributed by atoms with Gasteiger partial charge in [0, 0.05) is 13.5 Å². The van der Waals surface area contributed by atoms with E-state index in [1.807, 2.05) is 18.2 Å². The van der Waals surface area contributed by atoms with E-state index in [-0.39, 0.29) is 22.0 Å². The van der Waals surface area contributed by atoms with Crippen LogP contribution in [0.2, 0.25) is 0 Å². The first-order valence-electron chi connectivity index (χ1n) is 13.1. The van der Waals surface area contributed by atoms with E-state index in [1.54, 1.807) is 0 Å². The lowest BCUT2D eigenvalue weighted by molar-refractivity contribution is -0.148. The normalized spacial score (nSPS) is 21.6. The molecule has 192 valence electrons. The van der Waals surface area contributed by atoms with Crippen molar-refractivity contribution in [1.82, 2.24) is 4.90 Å². The molecule has 1 saturated heterocycles. The summed E-state index contributed by atoms with van der Waals surface area (Å²) in [4.78, 5) is 14.8. The fourth-order valence-corrected chi connectivity index (χ4v) is 7.36. The molecule has 4 aromatic carbocycles. The van der Waals surface area contributed by atoms with E-state index in [4.69, 9.17) is 9.47 Å². The maximum Gasteiger partial charge on any atom is 0.302 e. The predicted molar refractivity (Wildman–Crippen MR) is 158 cm³/mol. The van der Waals surface area contributed by atoms with Gasteiger partial charge in [-0.25, -0.2) is 0 Å². The second-order valence-corrected chi connectivity index (χ2v) is 11.6. The van der Waals surface area contributed by atoms with Crippen molar-refractivity contribution >= 4 is 28.6 Å². The molecule has 5 heteroatoms. The van der Waals surface area contributed by atoms with Gasteiger partial charge in [-0.2, -0.15) is 0 Å². The molecule has 0 saturated carbocycles. The molecule has 38 heavy (non-hydrogen) atoms. The zero-order valence-corrected chi connectivity index (χ0v) is 23.5. The van der Waals surface area contributed by atoms with Crippen molar-refractivity contribution < 1.29 is 14.3 Å². The molecule has 0 radical (unpaired) electrons. The van der Waals surface area contributed by atoms with Crippen LogP contribution in [0, 0.1) is 0 Å². The average Bonchev–Trinajstić information content (AvgIpc) is 3.42. The first kappa shape index (κ1) is 25.3. The Labute approximate surface area is 237 Å². The SMILES string of the molecule is CC(=O)O[C@@H]1[C@@H](I)CN(C2(c3ccccc3)c3ccccc3-c3ccccc32)[C@H]1COCc1ccccc1. The molecule has 0 amide bonds. The summed E-state index contributed by atoms with van der Waals surface area (Å²) in [6.45, 7) is 3.22. The van der Waals surface area contributed by atoms with Gasteiger partial charge in [0.1, 0.15) is 6.10 Å². The Bertz CT molecular complexity index is 1380. The zero-order chi connectivity index (χ0) is 26.1. The number of carbonyl (C=O) groups excluding carboxylic acids is 1. The maximum atomic E-state index is 12.3. The summed E-state index contributed by atoms with van der Waals surface area (Å²) in [5.41, 5.74) is 6.81. The van der Waals surface area contributed by atoms with Gasteiger partial charge in [-0.1, -0.05) is 132 Å². The fourth-order valence-electron chi connectivity index (χ4n) is 6.31. The quantitative estimate of drug-likeness (QED) is 0.134. The van der Waals surface area contributed by atoms with Gasteiger partial charge in [-0.15, -0.1) is 0 Å². The Morgan fingerprint density at radius 2 is 1.39 bits per heavy atom. The van der Waals surface area contributed by atoms with Crippen molar-refractivity contribution in [2.45, 2.75) is 35.1 Å². The van der Waals surface area contributed by atoms with Gasteiger partial charge in [0.15, 0.2) is 0 Å². The van der Waals surface area contributed by atoms with Crippen molar-refractivity contribution in [3.8, 4) is 11.1 Å². The number of benzene rings is 4. The lowest BCUT2D eigenvalue weighted by atomic mass is 9.78. The summed E-state index contributed by atoms with van der Waals surface area (Å²) in [6.07, 6.45) is -0.288. The van der Waals surface area contributed by atoms with E-state index in [0.717, 1.165) is 12.1 Å². The van der Waals surface area contributed by atoms with Crippen molar-refractivity contribution in [1.29, 1.82) is 0 Å². The van der Waals surface area contributed by atoms with E-state index in [1.165, 1.54) is 34.7 Å². The molecule has 6 rings (SSSR count). The number of nitrogens with zero attached hydrogens (tertiary/aromatic N) is 1. The summed E-state index contributed by atoms with van der Waals surface area (Å²) < 4.78 is 12.5. The number of alkyl halides is 1. The first-order chi connectivity index (χ1) is 18.6. The highest BCUT2D eigenvalue weighted by molar-refractivity contribution is 14.1. The lowest BCUT2D eigenvalue weighted by Crippen LogP contribution is -2.53. The second-order valence-electron chi connectivity index (χ2n) is 9.98. The number of halogens is 1. The minimum atomic E-state index is -0.534. The van der Waals surface area contributed by atoms with Crippen LogP contribution < -0.4 is 0 Å². The van der Waals surface area contributed by atoms with Crippen LogP contribution in [0.25, 0.3) is 11.1 Å². The monoisotopic (exact) mass is 615 g/mol. The number of esters is 1. The summed E-state index contributed by atoms with van der Waals surface area (Å²) in [5, 5.41) is 0. The molecule has 0 unspecified atom stereocenters. The van der Waals surface area contributed by atoms with E-state index >= 15 is 0 Å². The van der Waals surface area contributed by atoms with Gasteiger partial charge in [0.2, 0.25) is 0 Å². The average molecular weight is 616 g/mol. The van der Waals surface area contributed by atoms with Gasteiger partial charge in [0.25, 0.3) is 0 Å². The van der Waals surface area contributed by atoms with Gasteiger partial charge < -0.3 is 9.47 Å². The third kappa shape index (κ3) is 4.27. The summed E-state index contributed by atoms with van der Waals surface area (Å²) in [6, 6.07) is 38.3. The Kier molecular flexibility index (Phi) is 7.08. The number of rotatable bonds is 7. The molecule has 0 spiro atoms. The number of hydrogen-bond donors (Lipinski definition) is 0. The van der Waals surface area contributed by atoms with Gasteiger partial charge >= 0.3 is 5.97 Å². The van der Waals surface area contributed by atoms with Crippen LogP contribution in [0.1, 0.15) is 29.2 Å². The Morgan fingerprint density at radius 3 is 2.00 bits per heavy atom. The third-order valence-electron chi connectivity index (χ3n) is 7.76. The second kappa shape index (κ2) is 10.6. The topological polar surface area (TPSA) is 38.8 Å². The van der Waals surface area contributed by atoms with Crippen molar-refractivity contribution in [2.75, 3.05) is 13.2 Å². The minimum Gasteiger partial charge on any atom is -0.460 e. The molecule has 0 aromatic heterocycles. The standard InChI is InChI=1S/C33H30INO3/c1-23(36)38-32-30(34)20-35(31(32)22-37-21-24-12-4-2-5-13-24)33(25-14-6-3-7-15-25)28-18-10-8-16-26(28)27-17-9-11-19-29(27)33/h2-19,30-32H,20-22H2,1H3/t30-,31-,32+/m0/s1. The van der Waals surface area contributed by atoms with Crippen LogP contribution >= 0.6 is 22.6 Å².